The highest BCUT2D eigenvalue weighted by atomic mass is 35.5. The van der Waals surface area contributed by atoms with E-state index in [1.54, 1.807) is 38.2 Å². The van der Waals surface area contributed by atoms with Crippen molar-refractivity contribution in [3.05, 3.63) is 68.8 Å². The van der Waals surface area contributed by atoms with Crippen LogP contribution in [0.1, 0.15) is 28.9 Å². The molecule has 0 bridgehead atoms. The monoisotopic (exact) mass is 347 g/mol. The molecule has 0 saturated heterocycles. The molecular formula is C17H15ClFN3O2. The maximum atomic E-state index is 13.2. The number of nitrogens with one attached hydrogen (secondary N) is 2. The fourth-order valence-electron chi connectivity index (χ4n) is 2.52. The van der Waals surface area contributed by atoms with Crippen molar-refractivity contribution in [1.82, 2.24) is 14.9 Å². The number of fused-ring (bicyclic) bond motifs is 1. The number of hydrogen-bond donors (Lipinski definition) is 2. The molecule has 1 unspecified atom stereocenters. The summed E-state index contributed by atoms with van der Waals surface area (Å²) in [4.78, 5) is 26.7. The van der Waals surface area contributed by atoms with Gasteiger partial charge in [0.2, 0.25) is 0 Å². The lowest BCUT2D eigenvalue weighted by Crippen LogP contribution is -2.26. The molecule has 3 rings (SSSR count). The van der Waals surface area contributed by atoms with E-state index in [0.717, 1.165) is 5.52 Å². The lowest BCUT2D eigenvalue weighted by Gasteiger charge is -2.15. The van der Waals surface area contributed by atoms with E-state index in [0.29, 0.717) is 16.6 Å². The standard InChI is InChI=1S/C17H15ClFN3O2/c1-9(10-3-5-13(19)12(18)7-10)20-16(23)11-4-6-15-14(8-11)21-17(24)22(15)2/h3-9H,1-2H3,(H,20,23)(H,21,24). The van der Waals surface area contributed by atoms with Gasteiger partial charge in [-0.15, -0.1) is 0 Å². The van der Waals surface area contributed by atoms with Crippen LogP contribution in [-0.4, -0.2) is 15.5 Å². The number of hydrogen-bond acceptors (Lipinski definition) is 2. The van der Waals surface area contributed by atoms with Crippen LogP contribution < -0.4 is 11.0 Å². The topological polar surface area (TPSA) is 66.9 Å². The number of rotatable bonds is 3. The average molecular weight is 348 g/mol. The van der Waals surface area contributed by atoms with Gasteiger partial charge in [-0.05, 0) is 42.8 Å². The SMILES string of the molecule is CC(NC(=O)c1ccc2c(c1)[nH]c(=O)n2C)c1ccc(F)c(Cl)c1. The van der Waals surface area contributed by atoms with Crippen molar-refractivity contribution in [2.75, 3.05) is 0 Å². The number of aryl methyl sites for hydroxylation is 1. The van der Waals surface area contributed by atoms with Crippen LogP contribution in [0.2, 0.25) is 5.02 Å². The quantitative estimate of drug-likeness (QED) is 0.764. The van der Waals surface area contributed by atoms with Crippen molar-refractivity contribution in [3.8, 4) is 0 Å². The Kier molecular flexibility index (Phi) is 4.15. The van der Waals surface area contributed by atoms with Gasteiger partial charge in [0.25, 0.3) is 5.91 Å². The van der Waals surface area contributed by atoms with Crippen LogP contribution in [0.5, 0.6) is 0 Å². The fourth-order valence-corrected chi connectivity index (χ4v) is 2.71. The molecule has 1 amide bonds. The Hall–Kier alpha value is -2.60. The van der Waals surface area contributed by atoms with Crippen molar-refractivity contribution in [2.45, 2.75) is 13.0 Å². The normalized spacial score (nSPS) is 12.3. The van der Waals surface area contributed by atoms with Gasteiger partial charge in [-0.1, -0.05) is 17.7 Å². The second kappa shape index (κ2) is 6.13. The summed E-state index contributed by atoms with van der Waals surface area (Å²) in [5.41, 5.74) is 2.19. The van der Waals surface area contributed by atoms with Gasteiger partial charge in [0.1, 0.15) is 5.82 Å². The summed E-state index contributed by atoms with van der Waals surface area (Å²) in [6.45, 7) is 1.78. The molecule has 2 aromatic carbocycles. The van der Waals surface area contributed by atoms with Gasteiger partial charge in [0.05, 0.1) is 22.1 Å². The van der Waals surface area contributed by atoms with Crippen LogP contribution in [0.4, 0.5) is 4.39 Å². The van der Waals surface area contributed by atoms with Crippen molar-refractivity contribution >= 4 is 28.5 Å². The number of benzene rings is 2. The predicted molar refractivity (Wildman–Crippen MR) is 90.8 cm³/mol. The molecule has 7 heteroatoms. The number of carbonyl (C=O) groups excluding carboxylic acids is 1. The first-order valence-electron chi connectivity index (χ1n) is 7.31. The number of imidazole rings is 1. The van der Waals surface area contributed by atoms with Gasteiger partial charge in [0.15, 0.2) is 0 Å². The molecule has 0 aliphatic carbocycles. The molecule has 0 radical (unpaired) electrons. The van der Waals surface area contributed by atoms with E-state index < -0.39 is 5.82 Å². The summed E-state index contributed by atoms with van der Waals surface area (Å²) < 4.78 is 14.7. The molecule has 3 aromatic rings. The first kappa shape index (κ1) is 16.3. The number of carbonyl (C=O) groups is 1. The van der Waals surface area contributed by atoms with Gasteiger partial charge < -0.3 is 10.3 Å². The molecule has 124 valence electrons. The lowest BCUT2D eigenvalue weighted by atomic mass is 10.1. The summed E-state index contributed by atoms with van der Waals surface area (Å²) in [7, 11) is 1.65. The number of aromatic nitrogens is 2. The molecule has 0 fully saturated rings. The highest BCUT2D eigenvalue weighted by Crippen LogP contribution is 2.21. The van der Waals surface area contributed by atoms with Crippen LogP contribution in [-0.2, 0) is 7.05 Å². The van der Waals surface area contributed by atoms with Crippen LogP contribution >= 0.6 is 11.6 Å². The van der Waals surface area contributed by atoms with Crippen molar-refractivity contribution in [1.29, 1.82) is 0 Å². The molecule has 0 aliphatic heterocycles. The van der Waals surface area contributed by atoms with Crippen molar-refractivity contribution < 1.29 is 9.18 Å². The van der Waals surface area contributed by atoms with E-state index in [1.165, 1.54) is 16.7 Å². The Bertz CT molecular complexity index is 993. The number of amides is 1. The van der Waals surface area contributed by atoms with Crippen LogP contribution in [0.25, 0.3) is 11.0 Å². The Morgan fingerprint density at radius 2 is 2.04 bits per heavy atom. The Morgan fingerprint density at radius 1 is 1.29 bits per heavy atom. The van der Waals surface area contributed by atoms with Crippen LogP contribution in [0, 0.1) is 5.82 Å². The molecule has 1 atom stereocenters. The molecule has 24 heavy (non-hydrogen) atoms. The van der Waals surface area contributed by atoms with Gasteiger partial charge >= 0.3 is 5.69 Å². The molecule has 1 heterocycles. The summed E-state index contributed by atoms with van der Waals surface area (Å²) >= 11 is 5.77. The Morgan fingerprint density at radius 3 is 2.75 bits per heavy atom. The lowest BCUT2D eigenvalue weighted by molar-refractivity contribution is 0.0940. The first-order valence-corrected chi connectivity index (χ1v) is 7.69. The zero-order valence-corrected chi connectivity index (χ0v) is 13.8. The van der Waals surface area contributed by atoms with E-state index in [-0.39, 0.29) is 22.7 Å². The number of H-pyrrole nitrogens is 1. The largest absolute Gasteiger partial charge is 0.346 e. The second-order valence-electron chi connectivity index (χ2n) is 5.59. The van der Waals surface area contributed by atoms with Crippen molar-refractivity contribution in [3.63, 3.8) is 0 Å². The van der Waals surface area contributed by atoms with Crippen LogP contribution in [0.3, 0.4) is 0 Å². The first-order chi connectivity index (χ1) is 11.4. The number of nitrogens with zero attached hydrogens (tertiary/aromatic N) is 1. The Balaban J connectivity index is 1.83. The maximum Gasteiger partial charge on any atom is 0.326 e. The highest BCUT2D eigenvalue weighted by Gasteiger charge is 2.14. The Labute approximate surface area is 142 Å². The number of halogens is 2. The third kappa shape index (κ3) is 2.92. The average Bonchev–Trinajstić information content (AvgIpc) is 2.84. The van der Waals surface area contributed by atoms with Gasteiger partial charge in [-0.2, -0.15) is 0 Å². The zero-order valence-electron chi connectivity index (χ0n) is 13.1. The molecule has 0 saturated carbocycles. The molecule has 0 spiro atoms. The van der Waals surface area contributed by atoms with Gasteiger partial charge in [0, 0.05) is 12.6 Å². The highest BCUT2D eigenvalue weighted by molar-refractivity contribution is 6.30. The second-order valence-corrected chi connectivity index (χ2v) is 6.00. The minimum atomic E-state index is -0.502. The van der Waals surface area contributed by atoms with Gasteiger partial charge in [-0.3, -0.25) is 9.36 Å². The summed E-state index contributed by atoms with van der Waals surface area (Å²) in [5.74, 6) is -0.799. The molecule has 5 nitrogen and oxygen atoms in total. The minimum Gasteiger partial charge on any atom is -0.346 e. The van der Waals surface area contributed by atoms with E-state index >= 15 is 0 Å². The predicted octanol–water partition coefficient (Wildman–Crippen LogP) is 3.15. The molecule has 0 aliphatic rings. The van der Waals surface area contributed by atoms with Gasteiger partial charge in [-0.25, -0.2) is 9.18 Å². The summed E-state index contributed by atoms with van der Waals surface area (Å²) in [6.07, 6.45) is 0. The van der Waals surface area contributed by atoms with Crippen molar-refractivity contribution in [2.24, 2.45) is 7.05 Å². The minimum absolute atomic E-state index is 0.0110. The van der Waals surface area contributed by atoms with E-state index in [4.69, 9.17) is 11.6 Å². The smallest absolute Gasteiger partial charge is 0.326 e. The molecule has 2 N–H and O–H groups in total. The number of aromatic amines is 1. The third-order valence-electron chi connectivity index (χ3n) is 3.96. The zero-order chi connectivity index (χ0) is 17.4. The fraction of sp³-hybridized carbons (Fsp3) is 0.176. The maximum absolute atomic E-state index is 13.2. The molecular weight excluding hydrogens is 333 g/mol. The molecule has 1 aromatic heterocycles. The van der Waals surface area contributed by atoms with Crippen LogP contribution in [0.15, 0.2) is 41.2 Å². The van der Waals surface area contributed by atoms with E-state index in [2.05, 4.69) is 10.3 Å². The van der Waals surface area contributed by atoms with E-state index in [9.17, 15) is 14.0 Å². The summed E-state index contributed by atoms with van der Waals surface area (Å²) in [6, 6.07) is 8.96. The third-order valence-corrected chi connectivity index (χ3v) is 4.25. The summed E-state index contributed by atoms with van der Waals surface area (Å²) in [5, 5.41) is 2.84. The van der Waals surface area contributed by atoms with E-state index in [1.807, 2.05) is 0 Å².